The van der Waals surface area contributed by atoms with E-state index in [-0.39, 0.29) is 17.9 Å². The summed E-state index contributed by atoms with van der Waals surface area (Å²) in [4.78, 5) is 5.23. The van der Waals surface area contributed by atoms with Gasteiger partial charge in [-0.2, -0.15) is 0 Å². The Morgan fingerprint density at radius 2 is 1.52 bits per heavy atom. The van der Waals surface area contributed by atoms with E-state index in [1.165, 1.54) is 22.3 Å². The van der Waals surface area contributed by atoms with Crippen LogP contribution in [0.15, 0.2) is 161 Å². The number of nitrogens with one attached hydrogen (secondary N) is 1. The van der Waals surface area contributed by atoms with Gasteiger partial charge in [0.05, 0.1) is 17.1 Å². The Morgan fingerprint density at radius 1 is 0.667 bits per heavy atom. The van der Waals surface area contributed by atoms with Crippen molar-refractivity contribution in [2.45, 2.75) is 24.3 Å². The number of anilines is 1. The molecule has 3 atom stereocenters. The number of benzene rings is 6. The highest BCUT2D eigenvalue weighted by Crippen LogP contribution is 2.46. The fraction of sp³-hybridized carbons (Fsp3) is 0.0816. The van der Waals surface area contributed by atoms with Gasteiger partial charge in [-0.25, -0.2) is 4.98 Å². The van der Waals surface area contributed by atoms with Gasteiger partial charge in [-0.15, -0.1) is 0 Å². The molecule has 1 aliphatic heterocycles. The molecule has 9 aromatic rings. The molecule has 0 spiro atoms. The number of allylic oxidation sites excluding steroid dienone is 2. The zero-order valence-electron chi connectivity index (χ0n) is 29.2. The van der Waals surface area contributed by atoms with E-state index in [0.717, 1.165) is 83.8 Å². The molecule has 3 aliphatic rings. The largest absolute Gasteiger partial charge is 0.456 e. The summed E-state index contributed by atoms with van der Waals surface area (Å²) < 4.78 is 15.3. The molecule has 54 heavy (non-hydrogen) atoms. The Kier molecular flexibility index (Phi) is 6.23. The summed E-state index contributed by atoms with van der Waals surface area (Å²) in [6, 6.07) is 45.4. The Hall–Kier alpha value is -6.85. The van der Waals surface area contributed by atoms with Crippen LogP contribution in [0, 0.1) is 0 Å². The van der Waals surface area contributed by atoms with Gasteiger partial charge in [0, 0.05) is 55.7 Å². The van der Waals surface area contributed by atoms with Crippen molar-refractivity contribution in [1.82, 2.24) is 9.55 Å². The van der Waals surface area contributed by atoms with Crippen LogP contribution in [-0.4, -0.2) is 15.6 Å². The molecule has 0 amide bonds. The molecule has 5 heteroatoms. The van der Waals surface area contributed by atoms with Crippen LogP contribution in [0.25, 0.3) is 84.3 Å². The highest BCUT2D eigenvalue weighted by molar-refractivity contribution is 6.07. The predicted molar refractivity (Wildman–Crippen MR) is 219 cm³/mol. The first kappa shape index (κ1) is 29.7. The average molecular weight is 696 g/mol. The third-order valence-corrected chi connectivity index (χ3v) is 11.6. The van der Waals surface area contributed by atoms with E-state index in [0.29, 0.717) is 0 Å². The van der Waals surface area contributed by atoms with Crippen molar-refractivity contribution in [2.75, 3.05) is 5.32 Å². The van der Waals surface area contributed by atoms with Gasteiger partial charge in [0.25, 0.3) is 0 Å². The van der Waals surface area contributed by atoms with Crippen LogP contribution in [-0.2, 0) is 0 Å². The molecule has 3 unspecified atom stereocenters. The van der Waals surface area contributed by atoms with Crippen LogP contribution in [0.1, 0.15) is 29.4 Å². The molecule has 5 nitrogen and oxygen atoms in total. The fourth-order valence-corrected chi connectivity index (χ4v) is 9.13. The van der Waals surface area contributed by atoms with Gasteiger partial charge < -0.3 is 14.2 Å². The van der Waals surface area contributed by atoms with Crippen molar-refractivity contribution in [3.8, 4) is 28.2 Å². The molecule has 6 aromatic carbocycles. The van der Waals surface area contributed by atoms with E-state index in [1.807, 2.05) is 6.07 Å². The second-order valence-electron chi connectivity index (χ2n) is 14.7. The van der Waals surface area contributed by atoms with Crippen molar-refractivity contribution in [2.24, 2.45) is 0 Å². The highest BCUT2D eigenvalue weighted by atomic mass is 16.3. The van der Waals surface area contributed by atoms with Crippen LogP contribution in [0.4, 0.5) is 5.69 Å². The minimum absolute atomic E-state index is 0.149. The van der Waals surface area contributed by atoms with E-state index in [4.69, 9.17) is 13.8 Å². The van der Waals surface area contributed by atoms with Gasteiger partial charge >= 0.3 is 0 Å². The first-order chi connectivity index (χ1) is 26.7. The Morgan fingerprint density at radius 3 is 2.48 bits per heavy atom. The lowest BCUT2D eigenvalue weighted by atomic mass is 9.83. The summed E-state index contributed by atoms with van der Waals surface area (Å²) in [5.74, 6) is 1.26. The number of nitrogens with zero attached hydrogens (tertiary/aromatic N) is 2. The van der Waals surface area contributed by atoms with Gasteiger partial charge in [-0.3, -0.25) is 4.57 Å². The Labute approximate surface area is 310 Å². The van der Waals surface area contributed by atoms with Crippen molar-refractivity contribution in [3.05, 3.63) is 173 Å². The molecule has 2 aliphatic carbocycles. The number of aromatic nitrogens is 2. The van der Waals surface area contributed by atoms with Crippen LogP contribution in [0.3, 0.4) is 0 Å². The molecule has 0 fully saturated rings. The molecule has 1 N–H and O–H groups in total. The van der Waals surface area contributed by atoms with Crippen molar-refractivity contribution < 1.29 is 8.83 Å². The quantitative estimate of drug-likeness (QED) is 0.200. The summed E-state index contributed by atoms with van der Waals surface area (Å²) in [5, 5.41) is 8.42. The third-order valence-electron chi connectivity index (χ3n) is 11.6. The van der Waals surface area contributed by atoms with Gasteiger partial charge in [0.15, 0.2) is 0 Å². The summed E-state index contributed by atoms with van der Waals surface area (Å²) in [6.07, 6.45) is 14.5. The second-order valence-corrected chi connectivity index (χ2v) is 14.7. The van der Waals surface area contributed by atoms with Gasteiger partial charge in [0.1, 0.15) is 28.0 Å². The maximum atomic E-state index is 6.58. The number of fused-ring (bicyclic) bond motifs is 12. The lowest BCUT2D eigenvalue weighted by Gasteiger charge is -2.24. The first-order valence-corrected chi connectivity index (χ1v) is 18.7. The number of imidazole rings is 1. The van der Waals surface area contributed by atoms with Crippen molar-refractivity contribution in [3.63, 3.8) is 0 Å². The number of hydrogen-bond acceptors (Lipinski definition) is 4. The molecule has 0 bridgehead atoms. The second kappa shape index (κ2) is 11.3. The Bertz CT molecular complexity index is 3190. The first-order valence-electron chi connectivity index (χ1n) is 18.7. The fourth-order valence-electron chi connectivity index (χ4n) is 9.13. The molecule has 12 rings (SSSR count). The number of para-hydroxylation sites is 4. The predicted octanol–water partition coefficient (Wildman–Crippen LogP) is 10.8. The monoisotopic (exact) mass is 695 g/mol. The van der Waals surface area contributed by atoms with E-state index >= 15 is 0 Å². The topological polar surface area (TPSA) is 56.1 Å². The van der Waals surface area contributed by atoms with Crippen molar-refractivity contribution >= 4 is 61.8 Å². The molecule has 0 saturated carbocycles. The minimum Gasteiger partial charge on any atom is -0.456 e. The summed E-state index contributed by atoms with van der Waals surface area (Å²) in [6.45, 7) is 0. The lowest BCUT2D eigenvalue weighted by molar-refractivity contribution is 0.570. The van der Waals surface area contributed by atoms with Crippen LogP contribution < -0.4 is 16.0 Å². The lowest BCUT2D eigenvalue weighted by Crippen LogP contribution is -2.25. The molecule has 0 saturated heterocycles. The smallest absolute Gasteiger partial charge is 0.146 e. The van der Waals surface area contributed by atoms with Crippen LogP contribution in [0.2, 0.25) is 0 Å². The molecule has 4 heterocycles. The van der Waals surface area contributed by atoms with Crippen LogP contribution >= 0.6 is 0 Å². The molecular formula is C49H33N3O2. The Balaban J connectivity index is 1.04. The number of hydrogen-bond donors (Lipinski definition) is 1. The number of rotatable bonds is 3. The maximum Gasteiger partial charge on any atom is 0.146 e. The summed E-state index contributed by atoms with van der Waals surface area (Å²) >= 11 is 0. The highest BCUT2D eigenvalue weighted by Gasteiger charge is 2.30. The van der Waals surface area contributed by atoms with E-state index < -0.39 is 0 Å². The summed E-state index contributed by atoms with van der Waals surface area (Å²) in [7, 11) is 0. The zero-order chi connectivity index (χ0) is 35.3. The van der Waals surface area contributed by atoms with Crippen LogP contribution in [0.5, 0.6) is 0 Å². The molecular weight excluding hydrogens is 663 g/mol. The van der Waals surface area contributed by atoms with Gasteiger partial charge in [-0.1, -0.05) is 97.1 Å². The van der Waals surface area contributed by atoms with Gasteiger partial charge in [-0.05, 0) is 89.9 Å². The van der Waals surface area contributed by atoms with Crippen molar-refractivity contribution in [1.29, 1.82) is 0 Å². The maximum absolute atomic E-state index is 6.58. The summed E-state index contributed by atoms with van der Waals surface area (Å²) in [5.41, 5.74) is 14.0. The molecule has 0 radical (unpaired) electrons. The van der Waals surface area contributed by atoms with E-state index in [1.54, 1.807) is 0 Å². The normalized spacial score (nSPS) is 18.4. The molecule has 3 aromatic heterocycles. The molecule has 256 valence electrons. The van der Waals surface area contributed by atoms with E-state index in [9.17, 15) is 0 Å². The standard InChI is InChI=1S/C49H33N3O2/c1-2-11-31(12-3-1)52-43-18-8-7-17-42(43)51-49(52)34-15-10-20-46-48(34)39-26-30(22-24-45(39)53-46)29-21-23-41-37(25-29)35-27-38-33-14-5-9-19-44(33)54-47(38)28-36(35)32-13-4-6-16-40(32)50-41/h1-21,23-28,30,32,40,50H,22H2. The minimum atomic E-state index is 0.149. The zero-order valence-corrected chi connectivity index (χ0v) is 29.2. The average Bonchev–Trinajstić information content (AvgIpc) is 3.89. The number of furan rings is 2. The van der Waals surface area contributed by atoms with E-state index in [2.05, 4.69) is 168 Å². The third kappa shape index (κ3) is 4.36. The van der Waals surface area contributed by atoms with Gasteiger partial charge in [0.2, 0.25) is 0 Å². The SMILES string of the molecule is C1=CC2Nc3ccc(C4C=c5c(oc6cccc(-c7nc8ccccc8n7-c7ccccc7)c56)=CC4)cc3-c3cc4c(cc3C2C=C1)oc1ccccc14.